The molecule has 24 heavy (non-hydrogen) atoms. The molecule has 2 aromatic carbocycles. The highest BCUT2D eigenvalue weighted by Gasteiger charge is 2.01. The molecule has 0 unspecified atom stereocenters. The number of benzene rings is 2. The third kappa shape index (κ3) is 4.51. The van der Waals surface area contributed by atoms with Crippen molar-refractivity contribution in [3.63, 3.8) is 0 Å². The van der Waals surface area contributed by atoms with E-state index in [1.54, 1.807) is 6.08 Å². The van der Waals surface area contributed by atoms with Crippen LogP contribution in [0.4, 0.5) is 5.95 Å². The molecule has 0 saturated carbocycles. The van der Waals surface area contributed by atoms with Crippen molar-refractivity contribution in [1.82, 2.24) is 20.6 Å². The van der Waals surface area contributed by atoms with Gasteiger partial charge in [-0.05, 0) is 34.5 Å². The van der Waals surface area contributed by atoms with E-state index < -0.39 is 0 Å². The quantitative estimate of drug-likeness (QED) is 0.680. The average Bonchev–Trinajstić information content (AvgIpc) is 3.13. The van der Waals surface area contributed by atoms with Crippen LogP contribution >= 0.6 is 0 Å². The summed E-state index contributed by atoms with van der Waals surface area (Å²) in [6, 6.07) is 17.4. The SMILES string of the molecule is O=C(/C=C/c1ccc(OCc2ccccc2)cc1)Nc1nn[nH]n1. The molecular formula is C17H15N5O2. The molecule has 120 valence electrons. The van der Waals surface area contributed by atoms with Gasteiger partial charge in [0.1, 0.15) is 12.4 Å². The van der Waals surface area contributed by atoms with Crippen LogP contribution in [0.1, 0.15) is 11.1 Å². The summed E-state index contributed by atoms with van der Waals surface area (Å²) in [5.41, 5.74) is 1.99. The number of carbonyl (C=O) groups excluding carboxylic acids is 1. The number of rotatable bonds is 6. The monoisotopic (exact) mass is 321 g/mol. The van der Waals surface area contributed by atoms with Crippen molar-refractivity contribution in [2.24, 2.45) is 0 Å². The van der Waals surface area contributed by atoms with Crippen molar-refractivity contribution in [1.29, 1.82) is 0 Å². The van der Waals surface area contributed by atoms with Crippen LogP contribution in [0.15, 0.2) is 60.7 Å². The molecule has 0 aliphatic rings. The minimum absolute atomic E-state index is 0.134. The minimum Gasteiger partial charge on any atom is -0.489 e. The number of anilines is 1. The summed E-state index contributed by atoms with van der Waals surface area (Å²) in [5, 5.41) is 15.4. The van der Waals surface area contributed by atoms with Gasteiger partial charge in [-0.25, -0.2) is 0 Å². The summed E-state index contributed by atoms with van der Waals surface area (Å²) in [6.45, 7) is 0.517. The van der Waals surface area contributed by atoms with Gasteiger partial charge in [0.15, 0.2) is 0 Å². The third-order valence-corrected chi connectivity index (χ3v) is 3.14. The first-order valence-corrected chi connectivity index (χ1v) is 7.29. The number of amides is 1. The summed E-state index contributed by atoms with van der Waals surface area (Å²) >= 11 is 0. The summed E-state index contributed by atoms with van der Waals surface area (Å²) in [4.78, 5) is 11.7. The maximum atomic E-state index is 11.7. The smallest absolute Gasteiger partial charge is 0.270 e. The van der Waals surface area contributed by atoms with E-state index in [1.807, 2.05) is 54.6 Å². The Morgan fingerprint density at radius 3 is 2.62 bits per heavy atom. The highest BCUT2D eigenvalue weighted by atomic mass is 16.5. The zero-order chi connectivity index (χ0) is 16.6. The lowest BCUT2D eigenvalue weighted by molar-refractivity contribution is -0.111. The number of aromatic nitrogens is 4. The average molecular weight is 321 g/mol. The second kappa shape index (κ2) is 7.68. The number of hydrogen-bond acceptors (Lipinski definition) is 5. The molecule has 1 aromatic heterocycles. The Balaban J connectivity index is 1.52. The Hall–Kier alpha value is -3.48. The summed E-state index contributed by atoms with van der Waals surface area (Å²) < 4.78 is 5.71. The summed E-state index contributed by atoms with van der Waals surface area (Å²) in [6.07, 6.45) is 3.09. The Morgan fingerprint density at radius 1 is 1.12 bits per heavy atom. The van der Waals surface area contributed by atoms with Crippen LogP contribution in [-0.2, 0) is 11.4 Å². The number of H-pyrrole nitrogens is 1. The van der Waals surface area contributed by atoms with Crippen LogP contribution in [0.5, 0.6) is 5.75 Å². The number of tetrazole rings is 1. The molecule has 0 saturated heterocycles. The number of hydrogen-bond donors (Lipinski definition) is 2. The lowest BCUT2D eigenvalue weighted by Gasteiger charge is -2.06. The fourth-order valence-electron chi connectivity index (χ4n) is 1.95. The van der Waals surface area contributed by atoms with Gasteiger partial charge in [0.25, 0.3) is 11.9 Å². The van der Waals surface area contributed by atoms with E-state index in [2.05, 4.69) is 25.9 Å². The molecule has 1 heterocycles. The fourth-order valence-corrected chi connectivity index (χ4v) is 1.95. The summed E-state index contributed by atoms with van der Waals surface area (Å²) in [7, 11) is 0. The van der Waals surface area contributed by atoms with Crippen molar-refractivity contribution in [3.8, 4) is 5.75 Å². The molecule has 3 rings (SSSR count). The van der Waals surface area contributed by atoms with Crippen molar-refractivity contribution in [2.45, 2.75) is 6.61 Å². The first-order chi connectivity index (χ1) is 11.8. The molecule has 0 bridgehead atoms. The number of ether oxygens (including phenoxy) is 1. The van der Waals surface area contributed by atoms with Gasteiger partial charge in [0, 0.05) is 6.08 Å². The predicted molar refractivity (Wildman–Crippen MR) is 89.1 cm³/mol. The second-order valence-corrected chi connectivity index (χ2v) is 4.90. The molecule has 0 spiro atoms. The Labute approximate surface area is 138 Å². The number of aromatic amines is 1. The molecule has 7 nitrogen and oxygen atoms in total. The first-order valence-electron chi connectivity index (χ1n) is 7.29. The second-order valence-electron chi connectivity index (χ2n) is 4.90. The van der Waals surface area contributed by atoms with Crippen LogP contribution < -0.4 is 10.1 Å². The maximum absolute atomic E-state index is 11.7. The Morgan fingerprint density at radius 2 is 1.92 bits per heavy atom. The molecule has 0 radical (unpaired) electrons. The van der Waals surface area contributed by atoms with E-state index in [0.717, 1.165) is 16.9 Å². The van der Waals surface area contributed by atoms with E-state index in [-0.39, 0.29) is 11.9 Å². The predicted octanol–water partition coefficient (Wildman–Crippen LogP) is 2.43. The zero-order valence-corrected chi connectivity index (χ0v) is 12.7. The van der Waals surface area contributed by atoms with Crippen LogP contribution in [0.2, 0.25) is 0 Å². The van der Waals surface area contributed by atoms with Gasteiger partial charge in [-0.2, -0.15) is 5.21 Å². The molecule has 1 amide bonds. The van der Waals surface area contributed by atoms with E-state index in [0.29, 0.717) is 6.61 Å². The number of nitrogens with one attached hydrogen (secondary N) is 2. The molecule has 2 N–H and O–H groups in total. The lowest BCUT2D eigenvalue weighted by atomic mass is 10.2. The van der Waals surface area contributed by atoms with Gasteiger partial charge in [-0.15, -0.1) is 5.10 Å². The van der Waals surface area contributed by atoms with Gasteiger partial charge >= 0.3 is 0 Å². The van der Waals surface area contributed by atoms with Crippen LogP contribution in [-0.4, -0.2) is 26.5 Å². The van der Waals surface area contributed by atoms with Crippen molar-refractivity contribution < 1.29 is 9.53 Å². The maximum Gasteiger partial charge on any atom is 0.270 e. The largest absolute Gasteiger partial charge is 0.489 e. The van der Waals surface area contributed by atoms with Gasteiger partial charge in [-0.3, -0.25) is 10.1 Å². The molecule has 0 fully saturated rings. The summed E-state index contributed by atoms with van der Waals surface area (Å²) in [5.74, 6) is 0.572. The molecular weight excluding hydrogens is 306 g/mol. The van der Waals surface area contributed by atoms with E-state index in [4.69, 9.17) is 4.74 Å². The van der Waals surface area contributed by atoms with E-state index in [9.17, 15) is 4.79 Å². The van der Waals surface area contributed by atoms with Crippen molar-refractivity contribution in [2.75, 3.05) is 5.32 Å². The topological polar surface area (TPSA) is 92.8 Å². The van der Waals surface area contributed by atoms with Crippen molar-refractivity contribution >= 4 is 17.9 Å². The van der Waals surface area contributed by atoms with Gasteiger partial charge in [0.05, 0.1) is 0 Å². The van der Waals surface area contributed by atoms with Gasteiger partial charge in [-0.1, -0.05) is 47.6 Å². The molecule has 0 aliphatic carbocycles. The number of nitrogens with zero attached hydrogens (tertiary/aromatic N) is 3. The minimum atomic E-state index is -0.333. The van der Waals surface area contributed by atoms with Crippen molar-refractivity contribution in [3.05, 3.63) is 71.8 Å². The molecule has 3 aromatic rings. The number of carbonyl (C=O) groups is 1. The van der Waals surface area contributed by atoms with Gasteiger partial charge in [0.2, 0.25) is 0 Å². The molecule has 0 aliphatic heterocycles. The van der Waals surface area contributed by atoms with Crippen LogP contribution in [0.25, 0.3) is 6.08 Å². The highest BCUT2D eigenvalue weighted by Crippen LogP contribution is 2.15. The van der Waals surface area contributed by atoms with E-state index >= 15 is 0 Å². The Bertz CT molecular complexity index is 799. The fraction of sp³-hybridized carbons (Fsp3) is 0.0588. The normalized spacial score (nSPS) is 10.7. The molecule has 7 heteroatoms. The first kappa shape index (κ1) is 15.4. The Kier molecular flexibility index (Phi) is 4.94. The standard InChI is InChI=1S/C17H15N5O2/c23-16(18-17-19-21-22-20-17)11-8-13-6-9-15(10-7-13)24-12-14-4-2-1-3-5-14/h1-11H,12H2,(H2,18,19,20,21,22,23)/b11-8+. The van der Waals surface area contributed by atoms with Crippen LogP contribution in [0.3, 0.4) is 0 Å². The zero-order valence-electron chi connectivity index (χ0n) is 12.7. The van der Waals surface area contributed by atoms with Gasteiger partial charge < -0.3 is 4.74 Å². The highest BCUT2D eigenvalue weighted by molar-refractivity contribution is 6.00. The lowest BCUT2D eigenvalue weighted by Crippen LogP contribution is -2.09. The third-order valence-electron chi connectivity index (χ3n) is 3.14. The molecule has 0 atom stereocenters. The van der Waals surface area contributed by atoms with Crippen LogP contribution in [0, 0.1) is 0 Å². The van der Waals surface area contributed by atoms with E-state index in [1.165, 1.54) is 6.08 Å².